The van der Waals surface area contributed by atoms with Gasteiger partial charge in [-0.25, -0.2) is 9.98 Å². The summed E-state index contributed by atoms with van der Waals surface area (Å²) in [5.74, 6) is 1.38. The van der Waals surface area contributed by atoms with E-state index in [-0.39, 0.29) is 0 Å². The fourth-order valence-corrected chi connectivity index (χ4v) is 3.46. The lowest BCUT2D eigenvalue weighted by Crippen LogP contribution is -2.36. The molecule has 30 heavy (non-hydrogen) atoms. The summed E-state index contributed by atoms with van der Waals surface area (Å²) >= 11 is 0. The van der Waals surface area contributed by atoms with Crippen LogP contribution in [-0.4, -0.2) is 27.3 Å². The summed E-state index contributed by atoms with van der Waals surface area (Å²) in [4.78, 5) is 9.38. The topological polar surface area (TPSA) is 80.3 Å². The third kappa shape index (κ3) is 5.09. The van der Waals surface area contributed by atoms with E-state index in [1.807, 2.05) is 23.9 Å². The highest BCUT2D eigenvalue weighted by molar-refractivity contribution is 5.79. The normalized spacial score (nSPS) is 11.7. The number of aromatic nitrogens is 3. The Labute approximate surface area is 178 Å². The smallest absolute Gasteiger partial charge is 0.226 e. The SMILES string of the molecule is CCNC(=NCc1c(CC)nn(C)c1CC)NCc1coc(-c2ccc(C)cc2)n1. The van der Waals surface area contributed by atoms with Gasteiger partial charge >= 0.3 is 0 Å². The number of nitrogens with one attached hydrogen (secondary N) is 2. The number of hydrogen-bond acceptors (Lipinski definition) is 4. The van der Waals surface area contributed by atoms with Crippen molar-refractivity contribution in [2.24, 2.45) is 12.0 Å². The van der Waals surface area contributed by atoms with E-state index in [1.165, 1.54) is 16.8 Å². The van der Waals surface area contributed by atoms with Gasteiger partial charge in [0, 0.05) is 30.4 Å². The molecule has 0 saturated heterocycles. The summed E-state index contributed by atoms with van der Waals surface area (Å²) in [5.41, 5.74) is 6.61. The van der Waals surface area contributed by atoms with Gasteiger partial charge in [0.15, 0.2) is 5.96 Å². The van der Waals surface area contributed by atoms with Crippen molar-refractivity contribution >= 4 is 5.96 Å². The molecule has 0 fully saturated rings. The van der Waals surface area contributed by atoms with Crippen LogP contribution in [0.3, 0.4) is 0 Å². The Kier molecular flexibility index (Phi) is 7.27. The molecule has 7 nitrogen and oxygen atoms in total. The van der Waals surface area contributed by atoms with Gasteiger partial charge in [0.1, 0.15) is 6.26 Å². The van der Waals surface area contributed by atoms with E-state index in [9.17, 15) is 0 Å². The first-order valence-corrected chi connectivity index (χ1v) is 10.6. The molecule has 7 heteroatoms. The van der Waals surface area contributed by atoms with E-state index < -0.39 is 0 Å². The van der Waals surface area contributed by atoms with Gasteiger partial charge in [-0.3, -0.25) is 4.68 Å². The maximum absolute atomic E-state index is 5.65. The Balaban J connectivity index is 1.69. The Hall–Kier alpha value is -3.09. The number of hydrogen-bond donors (Lipinski definition) is 2. The molecule has 0 amide bonds. The molecule has 0 saturated carbocycles. The van der Waals surface area contributed by atoms with E-state index in [2.05, 4.69) is 60.5 Å². The molecule has 0 spiro atoms. The summed E-state index contributed by atoms with van der Waals surface area (Å²) in [6.07, 6.45) is 3.54. The largest absolute Gasteiger partial charge is 0.444 e. The summed E-state index contributed by atoms with van der Waals surface area (Å²) in [6, 6.07) is 8.16. The van der Waals surface area contributed by atoms with Crippen LogP contribution in [0.25, 0.3) is 11.5 Å². The number of benzene rings is 1. The Bertz CT molecular complexity index is 984. The molecule has 0 aliphatic rings. The second-order valence-corrected chi connectivity index (χ2v) is 7.26. The lowest BCUT2D eigenvalue weighted by Gasteiger charge is -2.10. The van der Waals surface area contributed by atoms with Crippen LogP contribution in [-0.2, 0) is 33.0 Å². The van der Waals surface area contributed by atoms with Crippen molar-refractivity contribution < 1.29 is 4.42 Å². The van der Waals surface area contributed by atoms with E-state index in [4.69, 9.17) is 9.41 Å². The van der Waals surface area contributed by atoms with Crippen LogP contribution in [0.15, 0.2) is 39.9 Å². The van der Waals surface area contributed by atoms with Crippen LogP contribution >= 0.6 is 0 Å². The highest BCUT2D eigenvalue weighted by Crippen LogP contribution is 2.19. The first kappa shape index (κ1) is 21.6. The minimum absolute atomic E-state index is 0.537. The average Bonchev–Trinajstić information content (AvgIpc) is 3.34. The lowest BCUT2D eigenvalue weighted by atomic mass is 10.1. The van der Waals surface area contributed by atoms with E-state index in [1.54, 1.807) is 6.26 Å². The highest BCUT2D eigenvalue weighted by Gasteiger charge is 2.13. The molecular weight excluding hydrogens is 376 g/mol. The van der Waals surface area contributed by atoms with Crippen LogP contribution in [0.4, 0.5) is 0 Å². The van der Waals surface area contributed by atoms with Gasteiger partial charge in [-0.05, 0) is 38.8 Å². The maximum atomic E-state index is 5.65. The quantitative estimate of drug-likeness (QED) is 0.438. The van der Waals surface area contributed by atoms with Gasteiger partial charge in [-0.15, -0.1) is 0 Å². The van der Waals surface area contributed by atoms with Gasteiger partial charge in [-0.2, -0.15) is 5.10 Å². The zero-order chi connectivity index (χ0) is 21.5. The summed E-state index contributed by atoms with van der Waals surface area (Å²) in [6.45, 7) is 10.3. The van der Waals surface area contributed by atoms with Gasteiger partial charge < -0.3 is 15.1 Å². The number of nitrogens with zero attached hydrogens (tertiary/aromatic N) is 4. The van der Waals surface area contributed by atoms with Gasteiger partial charge in [0.2, 0.25) is 5.89 Å². The zero-order valence-corrected chi connectivity index (χ0v) is 18.6. The molecule has 0 aliphatic heterocycles. The monoisotopic (exact) mass is 408 g/mol. The molecule has 1 aromatic carbocycles. The Morgan fingerprint density at radius 1 is 1.10 bits per heavy atom. The van der Waals surface area contributed by atoms with Crippen LogP contribution < -0.4 is 10.6 Å². The van der Waals surface area contributed by atoms with Crippen LogP contribution in [0.5, 0.6) is 0 Å². The van der Waals surface area contributed by atoms with E-state index in [0.717, 1.165) is 42.3 Å². The van der Waals surface area contributed by atoms with Crippen molar-refractivity contribution in [3.63, 3.8) is 0 Å². The van der Waals surface area contributed by atoms with Crippen molar-refractivity contribution in [1.29, 1.82) is 0 Å². The van der Waals surface area contributed by atoms with Crippen LogP contribution in [0.1, 0.15) is 49.0 Å². The van der Waals surface area contributed by atoms with Crippen molar-refractivity contribution in [1.82, 2.24) is 25.4 Å². The fraction of sp³-hybridized carbons (Fsp3) is 0.435. The number of oxazole rings is 1. The minimum Gasteiger partial charge on any atom is -0.444 e. The lowest BCUT2D eigenvalue weighted by molar-refractivity contribution is 0.572. The molecule has 2 aromatic heterocycles. The van der Waals surface area contributed by atoms with Crippen LogP contribution in [0, 0.1) is 6.92 Å². The van der Waals surface area contributed by atoms with Crippen molar-refractivity contribution in [2.75, 3.05) is 6.54 Å². The molecule has 0 atom stereocenters. The van der Waals surface area contributed by atoms with E-state index >= 15 is 0 Å². The molecule has 0 bridgehead atoms. The molecule has 160 valence electrons. The summed E-state index contributed by atoms with van der Waals surface area (Å²) in [7, 11) is 2.00. The highest BCUT2D eigenvalue weighted by atomic mass is 16.3. The maximum Gasteiger partial charge on any atom is 0.226 e. The second kappa shape index (κ2) is 10.1. The van der Waals surface area contributed by atoms with Gasteiger partial charge in [-0.1, -0.05) is 31.5 Å². The molecule has 0 unspecified atom stereocenters. The number of aryl methyl sites for hydroxylation is 3. The molecule has 0 aliphatic carbocycles. The second-order valence-electron chi connectivity index (χ2n) is 7.26. The average molecular weight is 409 g/mol. The molecule has 0 radical (unpaired) electrons. The number of aliphatic imine (C=N–C) groups is 1. The predicted molar refractivity (Wildman–Crippen MR) is 120 cm³/mol. The number of rotatable bonds is 8. The molecule has 3 rings (SSSR count). The minimum atomic E-state index is 0.537. The standard InChI is InChI=1S/C23H32N6O/c1-6-20-19(21(7-2)29(5)28-20)14-26-23(24-8-3)25-13-18-15-30-22(27-18)17-11-9-16(4)10-12-17/h9-12,15H,6-8,13-14H2,1-5H3,(H2,24,25,26). The summed E-state index contributed by atoms with van der Waals surface area (Å²) in [5, 5.41) is 11.3. The van der Waals surface area contributed by atoms with Gasteiger partial charge in [0.05, 0.1) is 24.5 Å². The molecule has 2 heterocycles. The first-order valence-electron chi connectivity index (χ1n) is 10.6. The Morgan fingerprint density at radius 3 is 2.53 bits per heavy atom. The van der Waals surface area contributed by atoms with Gasteiger partial charge in [0.25, 0.3) is 0 Å². The molecule has 3 aromatic rings. The fourth-order valence-electron chi connectivity index (χ4n) is 3.46. The number of guanidine groups is 1. The van der Waals surface area contributed by atoms with Crippen LogP contribution in [0.2, 0.25) is 0 Å². The molecular formula is C23H32N6O. The van der Waals surface area contributed by atoms with Crippen molar-refractivity contribution in [3.05, 3.63) is 58.7 Å². The molecule has 2 N–H and O–H groups in total. The third-order valence-corrected chi connectivity index (χ3v) is 5.05. The summed E-state index contributed by atoms with van der Waals surface area (Å²) < 4.78 is 7.63. The predicted octanol–water partition coefficient (Wildman–Crippen LogP) is 3.76. The van der Waals surface area contributed by atoms with E-state index in [0.29, 0.717) is 19.0 Å². The first-order chi connectivity index (χ1) is 14.5. The zero-order valence-electron chi connectivity index (χ0n) is 18.6. The van der Waals surface area contributed by atoms with Crippen molar-refractivity contribution in [3.8, 4) is 11.5 Å². The van der Waals surface area contributed by atoms with Crippen molar-refractivity contribution in [2.45, 2.75) is 53.6 Å². The third-order valence-electron chi connectivity index (χ3n) is 5.05. The Morgan fingerprint density at radius 2 is 1.87 bits per heavy atom.